The van der Waals surface area contributed by atoms with Gasteiger partial charge in [0.1, 0.15) is 12.1 Å². The first-order valence-corrected chi connectivity index (χ1v) is 18.4. The fraction of sp³-hybridized carbons (Fsp3) is 0.711. The number of amides is 4. The minimum absolute atomic E-state index is 0.0136. The molecule has 0 radical (unpaired) electrons. The molecular formula is C38H60FN5O7. The number of carboxylic acid groups (broad SMARTS) is 1. The van der Waals surface area contributed by atoms with Crippen LogP contribution in [0, 0.1) is 23.7 Å². The van der Waals surface area contributed by atoms with Crippen LogP contribution in [0.25, 0.3) is 0 Å². The van der Waals surface area contributed by atoms with Crippen LogP contribution in [-0.4, -0.2) is 114 Å². The maximum atomic E-state index is 15.2. The highest BCUT2D eigenvalue weighted by molar-refractivity contribution is 5.92. The molecule has 286 valence electrons. The maximum absolute atomic E-state index is 15.2. The number of halogens is 1. The number of aliphatic carboxylic acids is 1. The van der Waals surface area contributed by atoms with Crippen molar-refractivity contribution >= 4 is 29.6 Å². The molecule has 0 unspecified atom stereocenters. The summed E-state index contributed by atoms with van der Waals surface area (Å²) in [6.07, 6.45) is 1.73. The summed E-state index contributed by atoms with van der Waals surface area (Å²) in [5.74, 6) is -4.15. The molecule has 2 aliphatic heterocycles. The van der Waals surface area contributed by atoms with Gasteiger partial charge in [-0.15, -0.1) is 0 Å². The molecule has 9 atom stereocenters. The number of carbonyl (C=O) groups excluding carboxylic acids is 4. The van der Waals surface area contributed by atoms with Crippen LogP contribution in [0.1, 0.15) is 79.2 Å². The number of likely N-dealkylation sites (N-methyl/N-ethyl adjacent to an activating group) is 1. The summed E-state index contributed by atoms with van der Waals surface area (Å²) in [4.78, 5) is 69.8. The Balaban J connectivity index is 1.72. The van der Waals surface area contributed by atoms with Gasteiger partial charge in [-0.1, -0.05) is 78.3 Å². The molecule has 2 aliphatic rings. The Hall–Kier alpha value is -3.58. The number of carboxylic acids is 1. The highest BCUT2D eigenvalue weighted by atomic mass is 19.1. The number of benzene rings is 1. The average molecular weight is 718 g/mol. The van der Waals surface area contributed by atoms with Crippen LogP contribution < -0.4 is 16.0 Å². The second kappa shape index (κ2) is 18.8. The second-order valence-electron chi connectivity index (χ2n) is 15.0. The Bertz CT molecular complexity index is 1340. The lowest BCUT2D eigenvalue weighted by Gasteiger charge is -2.40. The number of hydrogen-bond acceptors (Lipinski definition) is 7. The standard InChI is InChI=1S/C38H60FN5O7/c1-9-24(4)32(43(7)35(47)31(23(2)3)42-37(50)38(39)17-18-40-22-38)25(5)20-30(45)44-19-13-16-29(44)33(51-8)26(6)34(46)41-28(36(48)49)21-27-14-11-10-12-15-27/h10-12,14-15,23-26,28-29,31-33,40H,9,13,16-22H2,1-8H3,(H,41,46)(H,42,50)(H,48,49)/t24-,25+,26+,28-,29-,31-,32-,33+,38-/m0/s1. The topological polar surface area (TPSA) is 157 Å². The van der Waals surface area contributed by atoms with Gasteiger partial charge < -0.3 is 35.6 Å². The predicted octanol–water partition coefficient (Wildman–Crippen LogP) is 3.18. The minimum atomic E-state index is -2.06. The van der Waals surface area contributed by atoms with E-state index in [0.717, 1.165) is 18.4 Å². The van der Waals surface area contributed by atoms with Gasteiger partial charge in [0.25, 0.3) is 5.91 Å². The quantitative estimate of drug-likeness (QED) is 0.181. The SMILES string of the molecule is CC[C@H](C)[C@@H]([C@H](C)CC(=O)N1CCC[C@H]1[C@H](OC)[C@@H](C)C(=O)N[C@@H](Cc1ccccc1)C(=O)O)N(C)C(=O)[C@@H](NC(=O)[C@]1(F)CCNC1)C(C)C. The van der Waals surface area contributed by atoms with E-state index in [1.54, 1.807) is 23.8 Å². The molecular weight excluding hydrogens is 657 g/mol. The second-order valence-corrected chi connectivity index (χ2v) is 15.0. The van der Waals surface area contributed by atoms with Gasteiger partial charge in [-0.25, -0.2) is 9.18 Å². The number of nitrogens with one attached hydrogen (secondary N) is 3. The molecule has 4 amide bonds. The Morgan fingerprint density at radius 3 is 2.29 bits per heavy atom. The minimum Gasteiger partial charge on any atom is -0.480 e. The molecule has 1 aromatic rings. The summed E-state index contributed by atoms with van der Waals surface area (Å²) in [5.41, 5.74) is -1.28. The van der Waals surface area contributed by atoms with Crippen molar-refractivity contribution in [3.63, 3.8) is 0 Å². The Morgan fingerprint density at radius 2 is 1.75 bits per heavy atom. The van der Waals surface area contributed by atoms with E-state index < -0.39 is 53.6 Å². The van der Waals surface area contributed by atoms with Gasteiger partial charge in [0, 0.05) is 52.6 Å². The van der Waals surface area contributed by atoms with Gasteiger partial charge in [-0.05, 0) is 42.7 Å². The number of hydrogen-bond donors (Lipinski definition) is 4. The van der Waals surface area contributed by atoms with E-state index in [0.29, 0.717) is 19.5 Å². The number of likely N-dealkylation sites (tertiary alicyclic amines) is 1. The maximum Gasteiger partial charge on any atom is 0.326 e. The lowest BCUT2D eigenvalue weighted by Crippen LogP contribution is -2.58. The van der Waals surface area contributed by atoms with Crippen molar-refractivity contribution < 1.29 is 38.2 Å². The third-order valence-electron chi connectivity index (χ3n) is 10.9. The zero-order valence-electron chi connectivity index (χ0n) is 31.6. The third kappa shape index (κ3) is 10.5. The number of rotatable bonds is 18. The van der Waals surface area contributed by atoms with Gasteiger partial charge in [0.2, 0.25) is 23.4 Å². The third-order valence-corrected chi connectivity index (χ3v) is 10.9. The molecule has 0 saturated carbocycles. The summed E-state index contributed by atoms with van der Waals surface area (Å²) in [6.45, 7) is 12.1. The normalized spacial score (nSPS) is 23.1. The highest BCUT2D eigenvalue weighted by Crippen LogP contribution is 2.31. The van der Waals surface area contributed by atoms with E-state index in [9.17, 15) is 29.1 Å². The molecule has 13 heteroatoms. The van der Waals surface area contributed by atoms with E-state index in [4.69, 9.17) is 4.74 Å². The molecule has 3 rings (SSSR count). The van der Waals surface area contributed by atoms with Gasteiger partial charge in [-0.2, -0.15) is 0 Å². The zero-order valence-corrected chi connectivity index (χ0v) is 31.6. The lowest BCUT2D eigenvalue weighted by atomic mass is 9.84. The van der Waals surface area contributed by atoms with Gasteiger partial charge >= 0.3 is 5.97 Å². The molecule has 1 aromatic carbocycles. The molecule has 4 N–H and O–H groups in total. The van der Waals surface area contributed by atoms with Crippen LogP contribution in [0.4, 0.5) is 4.39 Å². The summed E-state index contributed by atoms with van der Waals surface area (Å²) in [7, 11) is 3.18. The molecule has 0 spiro atoms. The highest BCUT2D eigenvalue weighted by Gasteiger charge is 2.45. The fourth-order valence-corrected chi connectivity index (χ4v) is 7.73. The van der Waals surface area contributed by atoms with Crippen LogP contribution in [-0.2, 0) is 35.1 Å². The first-order chi connectivity index (χ1) is 24.1. The largest absolute Gasteiger partial charge is 0.480 e. The van der Waals surface area contributed by atoms with Crippen molar-refractivity contribution in [2.24, 2.45) is 23.7 Å². The lowest BCUT2D eigenvalue weighted by molar-refractivity contribution is -0.146. The van der Waals surface area contributed by atoms with Crippen LogP contribution in [0.5, 0.6) is 0 Å². The van der Waals surface area contributed by atoms with E-state index in [1.807, 2.05) is 65.0 Å². The Kier molecular flexibility index (Phi) is 15.4. The first-order valence-electron chi connectivity index (χ1n) is 18.4. The molecule has 0 bridgehead atoms. The zero-order chi connectivity index (χ0) is 38.0. The fourth-order valence-electron chi connectivity index (χ4n) is 7.73. The molecule has 2 fully saturated rings. The molecule has 0 aliphatic carbocycles. The average Bonchev–Trinajstić information content (AvgIpc) is 3.77. The summed E-state index contributed by atoms with van der Waals surface area (Å²) >= 11 is 0. The van der Waals surface area contributed by atoms with Gasteiger partial charge in [-0.3, -0.25) is 19.2 Å². The van der Waals surface area contributed by atoms with Crippen molar-refractivity contribution in [2.75, 3.05) is 33.8 Å². The van der Waals surface area contributed by atoms with E-state index >= 15 is 4.39 Å². The molecule has 12 nitrogen and oxygen atoms in total. The van der Waals surface area contributed by atoms with Gasteiger partial charge in [0.15, 0.2) is 0 Å². The van der Waals surface area contributed by atoms with Crippen molar-refractivity contribution in [2.45, 2.75) is 116 Å². The van der Waals surface area contributed by atoms with Crippen molar-refractivity contribution in [3.05, 3.63) is 35.9 Å². The first kappa shape index (κ1) is 41.8. The molecule has 2 saturated heterocycles. The molecule has 2 heterocycles. The monoisotopic (exact) mass is 717 g/mol. The van der Waals surface area contributed by atoms with Crippen LogP contribution in [0.15, 0.2) is 30.3 Å². The van der Waals surface area contributed by atoms with Crippen molar-refractivity contribution in [3.8, 4) is 0 Å². The van der Waals surface area contributed by atoms with Crippen LogP contribution >= 0.6 is 0 Å². The Morgan fingerprint density at radius 1 is 1.08 bits per heavy atom. The van der Waals surface area contributed by atoms with E-state index in [-0.39, 0.29) is 61.4 Å². The smallest absolute Gasteiger partial charge is 0.326 e. The summed E-state index contributed by atoms with van der Waals surface area (Å²) < 4.78 is 21.1. The van der Waals surface area contributed by atoms with Crippen molar-refractivity contribution in [1.82, 2.24) is 25.8 Å². The van der Waals surface area contributed by atoms with Gasteiger partial charge in [0.05, 0.1) is 18.1 Å². The summed E-state index contributed by atoms with van der Waals surface area (Å²) in [5, 5.41) is 18.1. The Labute approximate surface area is 302 Å². The van der Waals surface area contributed by atoms with E-state index in [2.05, 4.69) is 16.0 Å². The van der Waals surface area contributed by atoms with Crippen LogP contribution in [0.3, 0.4) is 0 Å². The molecule has 0 aromatic heterocycles. The number of nitrogens with zero attached hydrogens (tertiary/aromatic N) is 2. The predicted molar refractivity (Wildman–Crippen MR) is 192 cm³/mol. The van der Waals surface area contributed by atoms with Crippen molar-refractivity contribution in [1.29, 1.82) is 0 Å². The van der Waals surface area contributed by atoms with Crippen LogP contribution in [0.2, 0.25) is 0 Å². The number of alkyl halides is 1. The number of carbonyl (C=O) groups is 5. The number of methoxy groups -OCH3 is 1. The number of ether oxygens (including phenoxy) is 1. The summed E-state index contributed by atoms with van der Waals surface area (Å²) in [6, 6.07) is 6.27. The van der Waals surface area contributed by atoms with E-state index in [1.165, 1.54) is 7.11 Å². The molecule has 51 heavy (non-hydrogen) atoms.